The smallest absolute Gasteiger partial charge is 0.233 e. The van der Waals surface area contributed by atoms with Crippen LogP contribution in [0.15, 0.2) is 5.16 Å². The Morgan fingerprint density at radius 1 is 1.42 bits per heavy atom. The van der Waals surface area contributed by atoms with E-state index >= 15 is 0 Å². The second-order valence-electron chi connectivity index (χ2n) is 7.18. The van der Waals surface area contributed by atoms with Gasteiger partial charge in [-0.15, -0.1) is 0 Å². The molecule has 3 rings (SSSR count). The summed E-state index contributed by atoms with van der Waals surface area (Å²) in [5.41, 5.74) is 2.05. The fourth-order valence-corrected chi connectivity index (χ4v) is 6.05. The largest absolute Gasteiger partial charge is 0.376 e. The van der Waals surface area contributed by atoms with Crippen LogP contribution >= 0.6 is 11.8 Å². The van der Waals surface area contributed by atoms with E-state index in [-0.39, 0.29) is 34.8 Å². The van der Waals surface area contributed by atoms with Crippen molar-refractivity contribution >= 4 is 27.5 Å². The second kappa shape index (κ2) is 7.90. The average molecular weight is 402 g/mol. The van der Waals surface area contributed by atoms with Gasteiger partial charge in [0.05, 0.1) is 35.1 Å². The molecule has 7 nitrogen and oxygen atoms in total. The number of carbonyl (C=O) groups excluding carboxylic acids is 1. The van der Waals surface area contributed by atoms with E-state index in [0.717, 1.165) is 42.5 Å². The Balaban J connectivity index is 1.63. The topological polar surface area (TPSA) is 90.3 Å². The Kier molecular flexibility index (Phi) is 5.98. The molecule has 1 N–H and O–H groups in total. The highest BCUT2D eigenvalue weighted by Gasteiger charge is 2.30. The Morgan fingerprint density at radius 2 is 2.19 bits per heavy atom. The molecule has 0 saturated carbocycles. The molecular weight excluding hydrogens is 374 g/mol. The maximum atomic E-state index is 12.5. The van der Waals surface area contributed by atoms with E-state index in [9.17, 15) is 13.2 Å². The molecule has 1 aromatic rings. The predicted octanol–water partition coefficient (Wildman–Crippen LogP) is 1.46. The minimum atomic E-state index is -3.00. The van der Waals surface area contributed by atoms with Gasteiger partial charge in [-0.25, -0.2) is 13.4 Å². The first-order valence-corrected chi connectivity index (χ1v) is 11.8. The van der Waals surface area contributed by atoms with Crippen LogP contribution in [0, 0.1) is 13.8 Å². The number of nitrogens with zero attached hydrogens (tertiary/aromatic N) is 2. The van der Waals surface area contributed by atoms with Gasteiger partial charge in [0.15, 0.2) is 15.0 Å². The summed E-state index contributed by atoms with van der Waals surface area (Å²) in [6.07, 6.45) is 2.84. The number of nitrogens with one attached hydrogen (secondary N) is 1. The standard InChI is InChI=1S/C17H27N3O4S2/c1-11-12(2)20(9-15-5-4-7-24-15)17(18-11)25-13(3)16(21)19-14-6-8-26(22,23)10-14/h13-15H,4-10H2,1-3H3,(H,19,21)/t13-,14+,15+/m1/s1. The van der Waals surface area contributed by atoms with E-state index in [1.165, 1.54) is 11.8 Å². The molecule has 0 radical (unpaired) electrons. The van der Waals surface area contributed by atoms with Crippen molar-refractivity contribution < 1.29 is 17.9 Å². The van der Waals surface area contributed by atoms with Gasteiger partial charge in [-0.05, 0) is 40.0 Å². The number of amides is 1. The normalized spacial score (nSPS) is 26.1. The molecule has 2 aliphatic heterocycles. The van der Waals surface area contributed by atoms with E-state index in [1.807, 2.05) is 20.8 Å². The van der Waals surface area contributed by atoms with Crippen LogP contribution in [0.3, 0.4) is 0 Å². The van der Waals surface area contributed by atoms with Crippen LogP contribution in [0.25, 0.3) is 0 Å². The van der Waals surface area contributed by atoms with Crippen LogP contribution in [-0.4, -0.2) is 59.4 Å². The third kappa shape index (κ3) is 4.61. The van der Waals surface area contributed by atoms with Crippen molar-refractivity contribution in [3.63, 3.8) is 0 Å². The SMILES string of the molecule is Cc1nc(S[C@H](C)C(=O)N[C@H]2CCS(=O)(=O)C2)n(C[C@@H]2CCCO2)c1C. The lowest BCUT2D eigenvalue weighted by atomic mass is 10.2. The van der Waals surface area contributed by atoms with Crippen LogP contribution < -0.4 is 5.32 Å². The van der Waals surface area contributed by atoms with E-state index in [2.05, 4.69) is 14.9 Å². The van der Waals surface area contributed by atoms with Crippen LogP contribution in [0.1, 0.15) is 37.6 Å². The molecule has 2 saturated heterocycles. The third-order valence-electron chi connectivity index (χ3n) is 5.06. The first kappa shape index (κ1) is 19.7. The summed E-state index contributed by atoms with van der Waals surface area (Å²) in [5.74, 6) is 0.0603. The molecule has 0 bridgehead atoms. The molecule has 146 valence electrons. The zero-order valence-corrected chi connectivity index (χ0v) is 17.2. The highest BCUT2D eigenvalue weighted by atomic mass is 32.2. The van der Waals surface area contributed by atoms with E-state index in [0.29, 0.717) is 6.42 Å². The number of carbonyl (C=O) groups is 1. The number of aryl methyl sites for hydroxylation is 1. The Labute approximate surface area is 159 Å². The number of ether oxygens (including phenoxy) is 1. The number of aromatic nitrogens is 2. The predicted molar refractivity (Wildman–Crippen MR) is 101 cm³/mol. The summed E-state index contributed by atoms with van der Waals surface area (Å²) >= 11 is 1.41. The molecule has 9 heteroatoms. The Hall–Kier alpha value is -1.06. The molecule has 0 aromatic carbocycles. The van der Waals surface area contributed by atoms with E-state index < -0.39 is 9.84 Å². The van der Waals surface area contributed by atoms with Crippen LogP contribution in [-0.2, 0) is 25.9 Å². The van der Waals surface area contributed by atoms with Crippen molar-refractivity contribution in [2.45, 2.75) is 69.1 Å². The Bertz CT molecular complexity index is 769. The second-order valence-corrected chi connectivity index (χ2v) is 10.7. The van der Waals surface area contributed by atoms with Gasteiger partial charge >= 0.3 is 0 Å². The summed E-state index contributed by atoms with van der Waals surface area (Å²) in [7, 11) is -3.00. The number of thioether (sulfide) groups is 1. The molecule has 1 aromatic heterocycles. The molecular formula is C17H27N3O4S2. The van der Waals surface area contributed by atoms with Gasteiger partial charge < -0.3 is 14.6 Å². The number of imidazole rings is 1. The first-order chi connectivity index (χ1) is 12.2. The quantitative estimate of drug-likeness (QED) is 0.726. The highest BCUT2D eigenvalue weighted by molar-refractivity contribution is 8.00. The maximum Gasteiger partial charge on any atom is 0.233 e. The Morgan fingerprint density at radius 3 is 2.81 bits per heavy atom. The van der Waals surface area contributed by atoms with Gasteiger partial charge in [-0.1, -0.05) is 11.8 Å². The zero-order valence-electron chi connectivity index (χ0n) is 15.5. The van der Waals surface area contributed by atoms with Gasteiger partial charge in [0.25, 0.3) is 0 Å². The molecule has 0 aliphatic carbocycles. The van der Waals surface area contributed by atoms with Gasteiger partial charge in [-0.2, -0.15) is 0 Å². The van der Waals surface area contributed by atoms with Gasteiger partial charge in [0.2, 0.25) is 5.91 Å². The summed E-state index contributed by atoms with van der Waals surface area (Å²) < 4.78 is 31.0. The lowest BCUT2D eigenvalue weighted by Crippen LogP contribution is -2.40. The summed E-state index contributed by atoms with van der Waals surface area (Å²) in [6, 6.07) is -0.273. The number of hydrogen-bond acceptors (Lipinski definition) is 6. The fraction of sp³-hybridized carbons (Fsp3) is 0.765. The van der Waals surface area contributed by atoms with Gasteiger partial charge in [0.1, 0.15) is 0 Å². The minimum absolute atomic E-state index is 0.0436. The van der Waals surface area contributed by atoms with Gasteiger partial charge in [0, 0.05) is 18.3 Å². The molecule has 0 spiro atoms. The van der Waals surface area contributed by atoms with Crippen molar-refractivity contribution in [3.8, 4) is 0 Å². The molecule has 0 unspecified atom stereocenters. The van der Waals surface area contributed by atoms with Crippen LogP contribution in [0.2, 0.25) is 0 Å². The number of sulfone groups is 1. The lowest BCUT2D eigenvalue weighted by Gasteiger charge is -2.18. The van der Waals surface area contributed by atoms with Crippen molar-refractivity contribution in [1.29, 1.82) is 0 Å². The maximum absolute atomic E-state index is 12.5. The highest BCUT2D eigenvalue weighted by Crippen LogP contribution is 2.27. The monoisotopic (exact) mass is 401 g/mol. The van der Waals surface area contributed by atoms with Crippen molar-refractivity contribution in [2.75, 3.05) is 18.1 Å². The molecule has 2 aliphatic rings. The lowest BCUT2D eigenvalue weighted by molar-refractivity contribution is -0.120. The zero-order chi connectivity index (χ0) is 18.9. The summed E-state index contributed by atoms with van der Waals surface area (Å²) in [4.78, 5) is 17.1. The number of rotatable bonds is 6. The molecule has 3 heterocycles. The van der Waals surface area contributed by atoms with Crippen molar-refractivity contribution in [3.05, 3.63) is 11.4 Å². The van der Waals surface area contributed by atoms with Crippen molar-refractivity contribution in [2.24, 2.45) is 0 Å². The number of hydrogen-bond donors (Lipinski definition) is 1. The molecule has 1 amide bonds. The third-order valence-corrected chi connectivity index (χ3v) is 7.92. The van der Waals surface area contributed by atoms with Gasteiger partial charge in [-0.3, -0.25) is 4.79 Å². The van der Waals surface area contributed by atoms with Crippen LogP contribution in [0.4, 0.5) is 0 Å². The fourth-order valence-electron chi connectivity index (χ4n) is 3.36. The molecule has 26 heavy (non-hydrogen) atoms. The summed E-state index contributed by atoms with van der Waals surface area (Å²) in [5, 5.41) is 3.34. The summed E-state index contributed by atoms with van der Waals surface area (Å²) in [6.45, 7) is 7.40. The van der Waals surface area contributed by atoms with Crippen LogP contribution in [0.5, 0.6) is 0 Å². The molecule has 2 fully saturated rings. The van der Waals surface area contributed by atoms with Crippen molar-refractivity contribution in [1.82, 2.24) is 14.9 Å². The minimum Gasteiger partial charge on any atom is -0.376 e. The van der Waals surface area contributed by atoms with E-state index in [1.54, 1.807) is 0 Å². The average Bonchev–Trinajstić information content (AvgIpc) is 3.25. The molecule has 3 atom stereocenters. The first-order valence-electron chi connectivity index (χ1n) is 9.08. The van der Waals surface area contributed by atoms with E-state index in [4.69, 9.17) is 4.74 Å².